The number of halogens is 1. The Labute approximate surface area is 182 Å². The van der Waals surface area contributed by atoms with Gasteiger partial charge in [0, 0.05) is 24.7 Å². The zero-order chi connectivity index (χ0) is 20.4. The molecule has 5 nitrogen and oxygen atoms in total. The molecule has 4 rings (SSSR count). The van der Waals surface area contributed by atoms with Gasteiger partial charge in [0.05, 0.1) is 10.8 Å². The van der Waals surface area contributed by atoms with Gasteiger partial charge in [0.2, 0.25) is 5.91 Å². The van der Waals surface area contributed by atoms with Crippen molar-refractivity contribution in [2.45, 2.75) is 57.1 Å². The van der Waals surface area contributed by atoms with Crippen molar-refractivity contribution in [3.05, 3.63) is 29.3 Å². The fraction of sp³-hybridized carbons (Fsp3) is 0.591. The molecule has 2 fully saturated rings. The van der Waals surface area contributed by atoms with Crippen molar-refractivity contribution in [3.8, 4) is 11.4 Å². The molecule has 29 heavy (non-hydrogen) atoms. The number of aromatic nitrogens is 3. The van der Waals surface area contributed by atoms with Crippen LogP contribution in [0.5, 0.6) is 0 Å². The number of likely N-dealkylation sites (tertiary alicyclic amines) is 1. The van der Waals surface area contributed by atoms with Crippen molar-refractivity contribution in [2.24, 2.45) is 11.8 Å². The van der Waals surface area contributed by atoms with Gasteiger partial charge in [0.25, 0.3) is 0 Å². The van der Waals surface area contributed by atoms with Crippen LogP contribution in [0.25, 0.3) is 11.4 Å². The Balaban J connectivity index is 1.54. The summed E-state index contributed by atoms with van der Waals surface area (Å²) in [4.78, 5) is 14.9. The number of carbonyl (C=O) groups is 1. The third-order valence-electron chi connectivity index (χ3n) is 6.02. The fourth-order valence-corrected chi connectivity index (χ4v) is 5.91. The van der Waals surface area contributed by atoms with E-state index in [9.17, 15) is 4.79 Å². The molecule has 156 valence electrons. The predicted molar refractivity (Wildman–Crippen MR) is 118 cm³/mol. The summed E-state index contributed by atoms with van der Waals surface area (Å²) in [5.41, 5.74) is 0.908. The molecule has 2 atom stereocenters. The number of piperidine rings is 1. The Kier molecular flexibility index (Phi) is 6.50. The number of benzene rings is 1. The van der Waals surface area contributed by atoms with Gasteiger partial charge >= 0.3 is 0 Å². The lowest BCUT2D eigenvalue weighted by atomic mass is 9.92. The first-order chi connectivity index (χ1) is 14.0. The minimum atomic E-state index is 0.202. The van der Waals surface area contributed by atoms with Crippen molar-refractivity contribution in [3.63, 3.8) is 0 Å². The molecular formula is C22H29ClN4OS. The van der Waals surface area contributed by atoms with Gasteiger partial charge in [-0.05, 0) is 43.2 Å². The van der Waals surface area contributed by atoms with Crippen LogP contribution in [0.1, 0.15) is 52.0 Å². The second-order valence-electron chi connectivity index (χ2n) is 8.63. The van der Waals surface area contributed by atoms with Gasteiger partial charge in [-0.2, -0.15) is 0 Å². The van der Waals surface area contributed by atoms with Gasteiger partial charge in [-0.25, -0.2) is 0 Å². The third-order valence-corrected chi connectivity index (χ3v) is 7.27. The second-order valence-corrected chi connectivity index (χ2v) is 9.98. The van der Waals surface area contributed by atoms with Gasteiger partial charge in [0.1, 0.15) is 0 Å². The van der Waals surface area contributed by atoms with Crippen LogP contribution in [-0.4, -0.2) is 44.4 Å². The van der Waals surface area contributed by atoms with Crippen LogP contribution < -0.4 is 0 Å². The maximum atomic E-state index is 12.9. The largest absolute Gasteiger partial charge is 0.341 e. The highest BCUT2D eigenvalue weighted by Crippen LogP contribution is 2.38. The SMILES string of the molecule is C[C@H]1C[C@H](C)CN(C(=O)CSc2nnc(-c3ccccc3Cl)n2C2CCCC2)C1. The summed E-state index contributed by atoms with van der Waals surface area (Å²) >= 11 is 7.97. The van der Waals surface area contributed by atoms with Crippen LogP contribution in [0.2, 0.25) is 5.02 Å². The number of amides is 1. The maximum absolute atomic E-state index is 12.9. The molecule has 1 amide bonds. The summed E-state index contributed by atoms with van der Waals surface area (Å²) in [5.74, 6) is 2.57. The van der Waals surface area contributed by atoms with Crippen molar-refractivity contribution >= 4 is 29.3 Å². The van der Waals surface area contributed by atoms with Crippen LogP contribution in [-0.2, 0) is 4.79 Å². The highest BCUT2D eigenvalue weighted by molar-refractivity contribution is 7.99. The van der Waals surface area contributed by atoms with E-state index < -0.39 is 0 Å². The third kappa shape index (κ3) is 4.64. The highest BCUT2D eigenvalue weighted by atomic mass is 35.5. The molecule has 1 aliphatic heterocycles. The highest BCUT2D eigenvalue weighted by Gasteiger charge is 2.28. The van der Waals surface area contributed by atoms with E-state index in [0.29, 0.717) is 28.7 Å². The van der Waals surface area contributed by atoms with E-state index in [4.69, 9.17) is 11.6 Å². The molecule has 0 bridgehead atoms. The Morgan fingerprint density at radius 3 is 2.52 bits per heavy atom. The Morgan fingerprint density at radius 2 is 1.83 bits per heavy atom. The average molecular weight is 433 g/mol. The molecule has 1 aromatic heterocycles. The van der Waals surface area contributed by atoms with Gasteiger partial charge in [0.15, 0.2) is 11.0 Å². The molecule has 2 aromatic rings. The molecule has 0 unspecified atom stereocenters. The zero-order valence-electron chi connectivity index (χ0n) is 17.2. The van der Waals surface area contributed by atoms with Crippen molar-refractivity contribution in [1.29, 1.82) is 0 Å². The lowest BCUT2D eigenvalue weighted by Crippen LogP contribution is -2.43. The van der Waals surface area contributed by atoms with E-state index in [2.05, 4.69) is 28.6 Å². The number of rotatable bonds is 5. The quantitative estimate of drug-likeness (QED) is 0.600. The summed E-state index contributed by atoms with van der Waals surface area (Å²) in [6.07, 6.45) is 5.89. The number of hydrogen-bond donors (Lipinski definition) is 0. The fourth-order valence-electron chi connectivity index (χ4n) is 4.78. The lowest BCUT2D eigenvalue weighted by molar-refractivity contribution is -0.130. The molecule has 0 radical (unpaired) electrons. The molecule has 2 heterocycles. The zero-order valence-corrected chi connectivity index (χ0v) is 18.8. The molecular weight excluding hydrogens is 404 g/mol. The van der Waals surface area contributed by atoms with E-state index in [1.54, 1.807) is 0 Å². The number of carbonyl (C=O) groups excluding carboxylic acids is 1. The van der Waals surface area contributed by atoms with E-state index in [1.165, 1.54) is 31.0 Å². The Hall–Kier alpha value is -1.53. The van der Waals surface area contributed by atoms with Gasteiger partial charge in [-0.1, -0.05) is 62.2 Å². The molecule has 1 aliphatic carbocycles. The van der Waals surface area contributed by atoms with Crippen LogP contribution in [0.4, 0.5) is 0 Å². The molecule has 0 N–H and O–H groups in total. The summed E-state index contributed by atoms with van der Waals surface area (Å²) in [6, 6.07) is 8.16. The van der Waals surface area contributed by atoms with Crippen molar-refractivity contribution in [2.75, 3.05) is 18.8 Å². The number of nitrogens with zero attached hydrogens (tertiary/aromatic N) is 4. The second kappa shape index (κ2) is 9.09. The summed E-state index contributed by atoms with van der Waals surface area (Å²) in [6.45, 7) is 6.19. The smallest absolute Gasteiger partial charge is 0.233 e. The maximum Gasteiger partial charge on any atom is 0.233 e. The Bertz CT molecular complexity index is 854. The summed E-state index contributed by atoms with van der Waals surface area (Å²) in [7, 11) is 0. The monoisotopic (exact) mass is 432 g/mol. The van der Waals surface area contributed by atoms with Gasteiger partial charge < -0.3 is 4.90 Å². The van der Waals surface area contributed by atoms with E-state index in [-0.39, 0.29) is 5.91 Å². The van der Waals surface area contributed by atoms with E-state index in [0.717, 1.165) is 42.5 Å². The molecule has 1 aromatic carbocycles. The van der Waals surface area contributed by atoms with Crippen molar-refractivity contribution < 1.29 is 4.79 Å². The lowest BCUT2D eigenvalue weighted by Gasteiger charge is -2.35. The molecule has 1 saturated carbocycles. The van der Waals surface area contributed by atoms with Crippen LogP contribution >= 0.6 is 23.4 Å². The van der Waals surface area contributed by atoms with Crippen LogP contribution in [0.15, 0.2) is 29.4 Å². The first kappa shape index (κ1) is 20.7. The van der Waals surface area contributed by atoms with Gasteiger partial charge in [-0.3, -0.25) is 9.36 Å². The summed E-state index contributed by atoms with van der Waals surface area (Å²) < 4.78 is 2.23. The van der Waals surface area contributed by atoms with E-state index >= 15 is 0 Å². The molecule has 7 heteroatoms. The molecule has 2 aliphatic rings. The summed E-state index contributed by atoms with van der Waals surface area (Å²) in [5, 5.41) is 10.5. The van der Waals surface area contributed by atoms with Crippen molar-refractivity contribution in [1.82, 2.24) is 19.7 Å². The normalized spacial score (nSPS) is 22.9. The molecule has 0 spiro atoms. The number of hydrogen-bond acceptors (Lipinski definition) is 4. The Morgan fingerprint density at radius 1 is 1.14 bits per heavy atom. The van der Waals surface area contributed by atoms with Crippen LogP contribution in [0.3, 0.4) is 0 Å². The minimum Gasteiger partial charge on any atom is -0.341 e. The minimum absolute atomic E-state index is 0.202. The first-order valence-corrected chi connectivity index (χ1v) is 12.0. The molecule has 1 saturated heterocycles. The topological polar surface area (TPSA) is 51.0 Å². The van der Waals surface area contributed by atoms with Gasteiger partial charge in [-0.15, -0.1) is 10.2 Å². The van der Waals surface area contributed by atoms with E-state index in [1.807, 2.05) is 29.2 Å². The predicted octanol–water partition coefficient (Wildman–Crippen LogP) is 5.31. The first-order valence-electron chi connectivity index (χ1n) is 10.6. The average Bonchev–Trinajstić information content (AvgIpc) is 3.35. The van der Waals surface area contributed by atoms with Crippen LogP contribution in [0, 0.1) is 11.8 Å². The standard InChI is InChI=1S/C22H29ClN4OS/c1-15-11-16(2)13-26(12-15)20(28)14-29-22-25-24-21(18-9-5-6-10-19(18)23)27(22)17-7-3-4-8-17/h5-6,9-10,15-17H,3-4,7-8,11-14H2,1-2H3/t15-,16-/m0/s1. The number of thioether (sulfide) groups is 1.